The largest absolute Gasteiger partial charge is 0.360 e. The maximum absolute atomic E-state index is 5.51. The van der Waals surface area contributed by atoms with E-state index in [9.17, 15) is 0 Å². The van der Waals surface area contributed by atoms with Crippen molar-refractivity contribution in [2.24, 2.45) is 0 Å². The Kier molecular flexibility index (Phi) is 4.44. The topological polar surface area (TPSA) is 27.7 Å². The van der Waals surface area contributed by atoms with Crippen LogP contribution in [-0.2, 0) is 14.0 Å². The maximum atomic E-state index is 5.51. The first-order valence-electron chi connectivity index (χ1n) is 4.24. The Bertz CT molecular complexity index is 131. The predicted molar refractivity (Wildman–Crippen MR) is 49.4 cm³/mol. The van der Waals surface area contributed by atoms with Gasteiger partial charge < -0.3 is 14.0 Å². The van der Waals surface area contributed by atoms with Gasteiger partial charge in [-0.05, 0) is 20.0 Å². The van der Waals surface area contributed by atoms with Crippen molar-refractivity contribution in [3.8, 4) is 0 Å². The first-order valence-corrected chi connectivity index (χ1v) is 6.14. The van der Waals surface area contributed by atoms with E-state index >= 15 is 0 Å². The molecule has 0 bridgehead atoms. The Morgan fingerprint density at radius 3 is 2.75 bits per heavy atom. The van der Waals surface area contributed by atoms with Gasteiger partial charge in [0.05, 0.1) is 20.6 Å². The average molecular weight is 192 g/mol. The van der Waals surface area contributed by atoms with Crippen LogP contribution in [0.4, 0.5) is 0 Å². The summed E-state index contributed by atoms with van der Waals surface area (Å²) in [6, 6.07) is 0. The number of ether oxygens (including phenoxy) is 2. The molecule has 1 saturated heterocycles. The van der Waals surface area contributed by atoms with E-state index in [-0.39, 0.29) is 6.29 Å². The fraction of sp³-hybridized carbons (Fsp3) is 1.00. The van der Waals surface area contributed by atoms with Gasteiger partial charge in [0.1, 0.15) is 0 Å². The second-order valence-corrected chi connectivity index (χ2v) is 4.94. The van der Waals surface area contributed by atoms with Gasteiger partial charge in [-0.15, -0.1) is 0 Å². The van der Waals surface area contributed by atoms with Crippen molar-refractivity contribution in [2.45, 2.75) is 32.2 Å². The van der Waals surface area contributed by atoms with E-state index in [1.54, 1.807) is 7.11 Å². The molecule has 0 spiro atoms. The van der Waals surface area contributed by atoms with Crippen LogP contribution in [0.15, 0.2) is 0 Å². The summed E-state index contributed by atoms with van der Waals surface area (Å²) in [5, 5.41) is 0. The molecule has 0 N–H and O–H groups in total. The van der Waals surface area contributed by atoms with Gasteiger partial charge in [0.15, 0.2) is 6.29 Å². The molecule has 72 valence electrons. The van der Waals surface area contributed by atoms with Crippen molar-refractivity contribution in [1.82, 2.24) is 0 Å². The van der Waals surface area contributed by atoms with Crippen molar-refractivity contribution < 1.29 is 14.0 Å². The molecule has 0 aromatic rings. The minimum atomic E-state index is -0.411. The number of hydrogen-bond acceptors (Lipinski definition) is 3. The second-order valence-electron chi connectivity index (χ2n) is 3.06. The first kappa shape index (κ1) is 10.4. The molecule has 3 atom stereocenters. The molecule has 0 saturated carbocycles. The van der Waals surface area contributed by atoms with Crippen LogP contribution in [0.3, 0.4) is 0 Å². The summed E-state index contributed by atoms with van der Waals surface area (Å²) in [4.78, 5) is 0. The number of hydrogen-bond donors (Lipinski definition) is 0. The van der Waals surface area contributed by atoms with Gasteiger partial charge in [-0.2, -0.15) is 0 Å². The van der Waals surface area contributed by atoms with Gasteiger partial charge in [-0.25, -0.2) is 0 Å². The van der Waals surface area contributed by atoms with Crippen molar-refractivity contribution in [3.05, 3.63) is 0 Å². The minimum absolute atomic E-state index is 0.0140. The summed E-state index contributed by atoms with van der Waals surface area (Å²) in [6.07, 6.45) is 3.19. The van der Waals surface area contributed by atoms with Crippen molar-refractivity contribution in [2.75, 3.05) is 20.1 Å². The quantitative estimate of drug-likeness (QED) is 0.639. The molecule has 1 fully saturated rings. The summed E-state index contributed by atoms with van der Waals surface area (Å²) in [5.41, 5.74) is 0. The molecule has 0 amide bonds. The molecule has 0 radical (unpaired) electrons. The van der Waals surface area contributed by atoms with E-state index in [1.807, 2.05) is 6.66 Å². The fourth-order valence-corrected chi connectivity index (χ4v) is 1.61. The van der Waals surface area contributed by atoms with E-state index in [0.717, 1.165) is 12.8 Å². The number of rotatable bonds is 4. The fourth-order valence-electron chi connectivity index (χ4n) is 1.13. The Morgan fingerprint density at radius 1 is 1.50 bits per heavy atom. The normalized spacial score (nSPS) is 32.2. The van der Waals surface area contributed by atoms with E-state index in [1.165, 1.54) is 0 Å². The lowest BCUT2D eigenvalue weighted by Gasteiger charge is -2.15. The van der Waals surface area contributed by atoms with E-state index in [2.05, 4.69) is 6.92 Å². The minimum Gasteiger partial charge on any atom is -0.360 e. The summed E-state index contributed by atoms with van der Waals surface area (Å²) >= 11 is 0. The zero-order valence-corrected chi connectivity index (χ0v) is 8.84. The third kappa shape index (κ3) is 3.36. The third-order valence-electron chi connectivity index (χ3n) is 1.95. The zero-order chi connectivity index (χ0) is 8.97. The maximum Gasteiger partial charge on any atom is 0.158 e. The van der Waals surface area contributed by atoms with Crippen molar-refractivity contribution in [3.63, 3.8) is 0 Å². The van der Waals surface area contributed by atoms with Crippen LogP contribution in [0.1, 0.15) is 19.8 Å². The lowest BCUT2D eigenvalue weighted by atomic mass is 10.3. The highest BCUT2D eigenvalue weighted by Gasteiger charge is 2.22. The lowest BCUT2D eigenvalue weighted by Crippen LogP contribution is -2.12. The van der Waals surface area contributed by atoms with E-state index in [4.69, 9.17) is 14.0 Å². The van der Waals surface area contributed by atoms with Gasteiger partial charge in [-0.3, -0.25) is 0 Å². The Labute approximate surface area is 75.2 Å². The standard InChI is InChI=1S/C8H17O3P/c1-7-4-5-8(11-7)10-6-12(3)9-2/h7-8H,4-6H2,1-3H3. The molecule has 1 rings (SSSR count). The van der Waals surface area contributed by atoms with Crippen LogP contribution in [-0.4, -0.2) is 32.5 Å². The SMILES string of the molecule is COP(C)COC1CCC(C)O1. The molecule has 4 heteroatoms. The monoisotopic (exact) mass is 192 g/mol. The van der Waals surface area contributed by atoms with Crippen LogP contribution < -0.4 is 0 Å². The Balaban J connectivity index is 2.07. The summed E-state index contributed by atoms with van der Waals surface area (Å²) < 4.78 is 16.1. The predicted octanol–water partition coefficient (Wildman–Crippen LogP) is 2.16. The molecule has 1 heterocycles. The Morgan fingerprint density at radius 2 is 2.25 bits per heavy atom. The van der Waals surface area contributed by atoms with Gasteiger partial charge in [-0.1, -0.05) is 0 Å². The van der Waals surface area contributed by atoms with Gasteiger partial charge in [0.25, 0.3) is 0 Å². The molecule has 3 unspecified atom stereocenters. The highest BCUT2D eigenvalue weighted by Crippen LogP contribution is 2.32. The highest BCUT2D eigenvalue weighted by atomic mass is 31.1. The smallest absolute Gasteiger partial charge is 0.158 e. The van der Waals surface area contributed by atoms with Crippen LogP contribution in [0.2, 0.25) is 0 Å². The average Bonchev–Trinajstić information content (AvgIpc) is 2.47. The summed E-state index contributed by atoms with van der Waals surface area (Å²) in [5.74, 6) is 0. The third-order valence-corrected chi connectivity index (χ3v) is 3.08. The van der Waals surface area contributed by atoms with Gasteiger partial charge >= 0.3 is 0 Å². The van der Waals surface area contributed by atoms with Crippen LogP contribution in [0.5, 0.6) is 0 Å². The van der Waals surface area contributed by atoms with E-state index in [0.29, 0.717) is 12.5 Å². The van der Waals surface area contributed by atoms with Crippen molar-refractivity contribution in [1.29, 1.82) is 0 Å². The van der Waals surface area contributed by atoms with Crippen LogP contribution >= 0.6 is 8.15 Å². The summed E-state index contributed by atoms with van der Waals surface area (Å²) in [6.45, 7) is 4.13. The molecule has 0 aliphatic carbocycles. The molecule has 1 aliphatic rings. The molecule has 1 aliphatic heterocycles. The molecular formula is C8H17O3P. The second kappa shape index (κ2) is 5.13. The van der Waals surface area contributed by atoms with Gasteiger partial charge in [0.2, 0.25) is 0 Å². The molecule has 0 aromatic carbocycles. The van der Waals surface area contributed by atoms with E-state index < -0.39 is 8.15 Å². The van der Waals surface area contributed by atoms with Crippen LogP contribution in [0, 0.1) is 0 Å². The van der Waals surface area contributed by atoms with Gasteiger partial charge in [0, 0.05) is 13.5 Å². The highest BCUT2D eigenvalue weighted by molar-refractivity contribution is 7.51. The van der Waals surface area contributed by atoms with Crippen LogP contribution in [0.25, 0.3) is 0 Å². The zero-order valence-electron chi connectivity index (χ0n) is 7.95. The molecular weight excluding hydrogens is 175 g/mol. The molecule has 12 heavy (non-hydrogen) atoms. The lowest BCUT2D eigenvalue weighted by molar-refractivity contribution is -0.117. The molecule has 0 aromatic heterocycles. The van der Waals surface area contributed by atoms with Crippen molar-refractivity contribution >= 4 is 8.15 Å². The first-order chi connectivity index (χ1) is 5.72. The molecule has 3 nitrogen and oxygen atoms in total. The summed E-state index contributed by atoms with van der Waals surface area (Å²) in [7, 11) is 1.30. The Hall–Kier alpha value is 0.310.